The van der Waals surface area contributed by atoms with Gasteiger partial charge in [-0.1, -0.05) is 104 Å². The Morgan fingerprint density at radius 3 is 2.28 bits per heavy atom. The number of likely N-dealkylation sites (tertiary alicyclic amines) is 1. The number of carbonyl (C=O) groups excluding carboxylic acids is 4. The van der Waals surface area contributed by atoms with Gasteiger partial charge in [-0.15, -0.1) is 0 Å². The summed E-state index contributed by atoms with van der Waals surface area (Å²) in [5, 5.41) is 16.1. The summed E-state index contributed by atoms with van der Waals surface area (Å²) in [6.07, 6.45) is 10.1. The summed E-state index contributed by atoms with van der Waals surface area (Å²) in [5.41, 5.74) is 6.02. The monoisotopic (exact) mass is 917 g/mol. The Kier molecular flexibility index (Phi) is 12.6. The van der Waals surface area contributed by atoms with E-state index in [1.165, 1.54) is 28.3 Å². The fourth-order valence-electron chi connectivity index (χ4n) is 11.8. The number of fused-ring (bicyclic) bond motifs is 5. The number of aromatic amines is 1. The third kappa shape index (κ3) is 8.43. The van der Waals surface area contributed by atoms with Crippen molar-refractivity contribution in [3.8, 4) is 0 Å². The van der Waals surface area contributed by atoms with Crippen LogP contribution in [-0.4, -0.2) is 129 Å². The van der Waals surface area contributed by atoms with Gasteiger partial charge in [0.15, 0.2) is 0 Å². The van der Waals surface area contributed by atoms with Crippen LogP contribution in [0.4, 0.5) is 5.69 Å². The lowest BCUT2D eigenvalue weighted by molar-refractivity contribution is -0.315. The molecule has 6 aliphatic rings. The minimum absolute atomic E-state index is 0.144. The van der Waals surface area contributed by atoms with Gasteiger partial charge in [0.2, 0.25) is 23.4 Å². The van der Waals surface area contributed by atoms with Gasteiger partial charge in [-0.2, -0.15) is 0 Å². The lowest BCUT2D eigenvalue weighted by Crippen LogP contribution is -2.71. The predicted octanol–water partition coefficient (Wildman–Crippen LogP) is 6.13. The van der Waals surface area contributed by atoms with E-state index in [2.05, 4.69) is 80.9 Å². The maximum Gasteiger partial charge on any atom is 0.280 e. The number of rotatable bonds is 10. The lowest BCUT2D eigenvalue weighted by atomic mass is 9.79. The molecule has 0 saturated carbocycles. The largest absolute Gasteiger partial charge is 0.361 e. The minimum atomic E-state index is -2.04. The molecule has 3 N–H and O–H groups in total. The summed E-state index contributed by atoms with van der Waals surface area (Å²) in [6.45, 7) is 7.64. The van der Waals surface area contributed by atoms with E-state index in [0.717, 1.165) is 73.2 Å². The minimum Gasteiger partial charge on any atom is -0.361 e. The number of aromatic nitrogens is 1. The van der Waals surface area contributed by atoms with Crippen LogP contribution in [0.15, 0.2) is 121 Å². The lowest BCUT2D eigenvalue weighted by Gasteiger charge is -2.48. The molecule has 1 aromatic heterocycles. The summed E-state index contributed by atoms with van der Waals surface area (Å²) in [6, 6.07) is 35.3. The topological polar surface area (TPSA) is 142 Å². The molecule has 0 radical (unpaired) electrons. The molecular formula is C55H63N7O6. The average Bonchev–Trinajstić information content (AvgIpc) is 4.08. The second-order valence-electron chi connectivity index (χ2n) is 19.5. The Hall–Kier alpha value is -6.12. The van der Waals surface area contributed by atoms with Crippen LogP contribution in [0, 0.1) is 5.92 Å². The van der Waals surface area contributed by atoms with Crippen molar-refractivity contribution in [1.29, 1.82) is 0 Å². The van der Waals surface area contributed by atoms with Gasteiger partial charge < -0.3 is 30.1 Å². The van der Waals surface area contributed by atoms with Gasteiger partial charge in [0.25, 0.3) is 11.8 Å². The molecule has 5 aromatic rings. The van der Waals surface area contributed by atoms with Crippen molar-refractivity contribution in [1.82, 2.24) is 29.9 Å². The van der Waals surface area contributed by atoms with Crippen molar-refractivity contribution in [2.45, 2.75) is 101 Å². The van der Waals surface area contributed by atoms with Gasteiger partial charge in [-0.25, -0.2) is 0 Å². The van der Waals surface area contributed by atoms with Crippen LogP contribution >= 0.6 is 0 Å². The molecule has 0 unspecified atom stereocenters. The van der Waals surface area contributed by atoms with Crippen LogP contribution in [0.1, 0.15) is 68.2 Å². The fraction of sp³-hybridized carbons (Fsp3) is 0.418. The van der Waals surface area contributed by atoms with Gasteiger partial charge in [-0.3, -0.25) is 33.7 Å². The Bertz CT molecular complexity index is 2690. The van der Waals surface area contributed by atoms with Crippen LogP contribution in [0.2, 0.25) is 0 Å². The second-order valence-corrected chi connectivity index (χ2v) is 19.5. The highest BCUT2D eigenvalue weighted by atomic mass is 16.7. The van der Waals surface area contributed by atoms with Crippen molar-refractivity contribution < 1.29 is 29.0 Å². The number of aliphatic hydroxyl groups is 1. The fourth-order valence-corrected chi connectivity index (χ4v) is 11.8. The molecule has 6 atom stereocenters. The molecule has 68 heavy (non-hydrogen) atoms. The number of H-pyrrole nitrogens is 1. The van der Waals surface area contributed by atoms with Gasteiger partial charge in [0, 0.05) is 80.4 Å². The van der Waals surface area contributed by atoms with Gasteiger partial charge >= 0.3 is 0 Å². The number of nitrogens with zero attached hydrogens (tertiary/aromatic N) is 5. The van der Waals surface area contributed by atoms with Crippen molar-refractivity contribution in [2.24, 2.45) is 5.92 Å². The number of piperidine rings is 1. The number of likely N-dealkylation sites (N-methyl/N-ethyl adjacent to an activating group) is 1. The first-order valence-electron chi connectivity index (χ1n) is 24.5. The number of benzene rings is 4. The average molecular weight is 918 g/mol. The number of hydrogen-bond donors (Lipinski definition) is 3. The van der Waals surface area contributed by atoms with Crippen molar-refractivity contribution >= 4 is 45.8 Å². The first kappa shape index (κ1) is 45.7. The van der Waals surface area contributed by atoms with Crippen LogP contribution in [0.3, 0.4) is 0 Å². The molecule has 0 bridgehead atoms. The number of ether oxygens (including phenoxy) is 1. The molecule has 6 heterocycles. The van der Waals surface area contributed by atoms with Gasteiger partial charge in [0.1, 0.15) is 12.1 Å². The quantitative estimate of drug-likeness (QED) is 0.152. The normalized spacial score (nSPS) is 26.9. The smallest absolute Gasteiger partial charge is 0.280 e. The molecule has 5 aliphatic heterocycles. The van der Waals surface area contributed by atoms with E-state index < -0.39 is 35.5 Å². The number of nitrogens with one attached hydrogen (secondary N) is 2. The highest BCUT2D eigenvalue weighted by Crippen LogP contribution is 2.46. The third-order valence-electron chi connectivity index (χ3n) is 15.2. The van der Waals surface area contributed by atoms with Gasteiger partial charge in [0.05, 0.1) is 5.92 Å². The SMILES string of the molecule is CCC(=O)N(c1ccccc1)C1CCN(CCc2ccccc2)CC1.CN1C[C@H](C(=O)N[C@]2(C)O[C@@]3(O)[C@@H]4CCCN4C(=O)[C@H](Cc4ccccc4)N3C2=O)C=C2c3cccc4[nH]cc(c34)C[C@H]21. The Balaban J connectivity index is 0.000000184. The molecule has 4 saturated heterocycles. The van der Waals surface area contributed by atoms with Crippen LogP contribution in [0.5, 0.6) is 0 Å². The van der Waals surface area contributed by atoms with Gasteiger partial charge in [-0.05, 0) is 98.5 Å². The third-order valence-corrected chi connectivity index (χ3v) is 15.2. The molecule has 11 rings (SSSR count). The summed E-state index contributed by atoms with van der Waals surface area (Å²) in [4.78, 5) is 67.3. The molecular weight excluding hydrogens is 855 g/mol. The van der Waals surface area contributed by atoms with Crippen molar-refractivity contribution in [3.05, 3.63) is 144 Å². The highest BCUT2D eigenvalue weighted by Gasteiger charge is 2.70. The molecule has 4 aromatic carbocycles. The Labute approximate surface area is 398 Å². The summed E-state index contributed by atoms with van der Waals surface area (Å²) >= 11 is 0. The molecule has 354 valence electrons. The van der Waals surface area contributed by atoms with E-state index in [0.29, 0.717) is 38.4 Å². The summed E-state index contributed by atoms with van der Waals surface area (Å²) in [7, 11) is 2.02. The molecule has 4 fully saturated rings. The summed E-state index contributed by atoms with van der Waals surface area (Å²) in [5.74, 6) is -3.54. The molecule has 1 aliphatic carbocycles. The standard InChI is InChI=1S/C33H35N5O5.C22H28N2O/c1-32(35-29(39)21-15-23-22-10-6-11-24-28(22)20(17-34-24)16-25(23)36(2)18-21)31(41)38-26(14-19-8-4-3-5-9-19)30(40)37-13-7-12-27(37)33(38,42)43-32;1-2-22(25)24(20-11-7-4-8-12-20)21-14-17-23(18-15-21)16-13-19-9-5-3-6-10-19/h3-6,8-11,15,17,21,25-27,34,42H,7,12-14,16,18H2,1-2H3,(H,35,39);3-12,21H,2,13-18H2,1H3/t21-,25-,26+,27+,32-,33+;/m1./s1. The molecule has 13 heteroatoms. The molecule has 4 amide bonds. The maximum atomic E-state index is 14.2. The zero-order valence-electron chi connectivity index (χ0n) is 39.4. The first-order chi connectivity index (χ1) is 33.0. The van der Waals surface area contributed by atoms with Crippen molar-refractivity contribution in [2.75, 3.05) is 44.7 Å². The van der Waals surface area contributed by atoms with Crippen LogP contribution in [-0.2, 0) is 43.2 Å². The molecule has 0 spiro atoms. The first-order valence-corrected chi connectivity index (χ1v) is 24.5. The van der Waals surface area contributed by atoms with E-state index in [1.54, 1.807) is 4.90 Å². The zero-order valence-corrected chi connectivity index (χ0v) is 39.4. The Morgan fingerprint density at radius 1 is 0.882 bits per heavy atom. The van der Waals surface area contributed by atoms with Crippen LogP contribution in [0.25, 0.3) is 16.5 Å². The van der Waals surface area contributed by atoms with Crippen molar-refractivity contribution in [3.63, 3.8) is 0 Å². The van der Waals surface area contributed by atoms with E-state index in [9.17, 15) is 24.3 Å². The maximum absolute atomic E-state index is 14.2. The zero-order chi connectivity index (χ0) is 47.2. The Morgan fingerprint density at radius 2 is 1.57 bits per heavy atom. The van der Waals surface area contributed by atoms with E-state index >= 15 is 0 Å². The van der Waals surface area contributed by atoms with E-state index in [-0.39, 0.29) is 30.2 Å². The summed E-state index contributed by atoms with van der Waals surface area (Å²) < 4.78 is 6.23. The molecule has 13 nitrogen and oxygen atoms in total. The number of hydrogen-bond acceptors (Lipinski definition) is 8. The number of piperazine rings is 1. The second kappa shape index (κ2) is 18.8. The number of para-hydroxylation sites is 1. The highest BCUT2D eigenvalue weighted by molar-refractivity contribution is 6.01. The van der Waals surface area contributed by atoms with E-state index in [4.69, 9.17) is 4.74 Å². The number of anilines is 1. The number of carbonyl (C=O) groups is 4. The van der Waals surface area contributed by atoms with E-state index in [1.807, 2.05) is 79.5 Å². The van der Waals surface area contributed by atoms with Crippen LogP contribution < -0.4 is 10.2 Å². The predicted molar refractivity (Wildman–Crippen MR) is 262 cm³/mol. The number of amides is 4.